The van der Waals surface area contributed by atoms with Crippen molar-refractivity contribution in [2.45, 2.75) is 37.0 Å². The molecular formula is C18H24N4OS. The molecule has 2 aromatic rings. The van der Waals surface area contributed by atoms with E-state index in [9.17, 15) is 4.79 Å². The summed E-state index contributed by atoms with van der Waals surface area (Å²) in [5.74, 6) is -0.0808. The second-order valence-corrected chi connectivity index (χ2v) is 7.03. The first-order valence-corrected chi connectivity index (χ1v) is 9.51. The Hall–Kier alpha value is -1.79. The normalized spacial score (nSPS) is 15.5. The van der Waals surface area contributed by atoms with Crippen LogP contribution in [0.1, 0.15) is 30.3 Å². The second kappa shape index (κ2) is 7.40. The Labute approximate surface area is 147 Å². The lowest BCUT2D eigenvalue weighted by Crippen LogP contribution is -2.41. The monoisotopic (exact) mass is 344 g/mol. The summed E-state index contributed by atoms with van der Waals surface area (Å²) in [5.41, 5.74) is 1.53. The van der Waals surface area contributed by atoms with Gasteiger partial charge in [-0.05, 0) is 45.2 Å². The van der Waals surface area contributed by atoms with Gasteiger partial charge in [0.25, 0.3) is 5.91 Å². The van der Waals surface area contributed by atoms with Gasteiger partial charge < -0.3 is 5.32 Å². The van der Waals surface area contributed by atoms with Gasteiger partial charge in [-0.25, -0.2) is 4.98 Å². The predicted molar refractivity (Wildman–Crippen MR) is 97.9 cm³/mol. The zero-order chi connectivity index (χ0) is 17.1. The summed E-state index contributed by atoms with van der Waals surface area (Å²) >= 11 is 1.53. The van der Waals surface area contributed by atoms with E-state index in [4.69, 9.17) is 0 Å². The van der Waals surface area contributed by atoms with Gasteiger partial charge in [-0.1, -0.05) is 30.0 Å². The number of thioether (sulfide) groups is 1. The fourth-order valence-electron chi connectivity index (χ4n) is 2.78. The fraction of sp³-hybridized carbons (Fsp3) is 0.444. The fourth-order valence-corrected chi connectivity index (χ4v) is 3.33. The largest absolute Gasteiger partial charge is 0.349 e. The number of hydrogen-bond donors (Lipinski definition) is 1. The lowest BCUT2D eigenvalue weighted by Gasteiger charge is -2.24. The minimum Gasteiger partial charge on any atom is -0.349 e. The molecule has 5 nitrogen and oxygen atoms in total. The zero-order valence-electron chi connectivity index (χ0n) is 14.4. The van der Waals surface area contributed by atoms with Crippen LogP contribution >= 0.6 is 11.8 Å². The first kappa shape index (κ1) is 17.0. The van der Waals surface area contributed by atoms with Crippen LogP contribution in [0.5, 0.6) is 0 Å². The van der Waals surface area contributed by atoms with Gasteiger partial charge in [0.15, 0.2) is 5.16 Å². The Morgan fingerprint density at radius 1 is 1.42 bits per heavy atom. The lowest BCUT2D eigenvalue weighted by atomic mass is 10.2. The summed E-state index contributed by atoms with van der Waals surface area (Å²) in [4.78, 5) is 19.4. The first-order valence-electron chi connectivity index (χ1n) is 8.29. The van der Waals surface area contributed by atoms with Crippen molar-refractivity contribution in [1.29, 1.82) is 0 Å². The molecule has 0 bridgehead atoms. The van der Waals surface area contributed by atoms with Gasteiger partial charge in [0.2, 0.25) is 0 Å². The molecule has 1 unspecified atom stereocenters. The number of carbonyl (C=O) groups excluding carboxylic acids is 1. The highest BCUT2D eigenvalue weighted by molar-refractivity contribution is 7.98. The molecule has 1 amide bonds. The number of carbonyl (C=O) groups is 1. The summed E-state index contributed by atoms with van der Waals surface area (Å²) in [6, 6.07) is 10.9. The molecule has 0 aliphatic heterocycles. The van der Waals surface area contributed by atoms with E-state index in [0.29, 0.717) is 24.3 Å². The molecule has 24 heavy (non-hydrogen) atoms. The van der Waals surface area contributed by atoms with E-state index in [2.05, 4.69) is 29.2 Å². The maximum Gasteiger partial charge on any atom is 0.270 e. The number of nitrogens with one attached hydrogen (secondary N) is 1. The van der Waals surface area contributed by atoms with E-state index in [-0.39, 0.29) is 5.91 Å². The van der Waals surface area contributed by atoms with E-state index < -0.39 is 0 Å². The molecule has 1 aromatic carbocycles. The first-order chi connectivity index (χ1) is 11.6. The Balaban J connectivity index is 1.74. The van der Waals surface area contributed by atoms with E-state index >= 15 is 0 Å². The predicted octanol–water partition coefficient (Wildman–Crippen LogP) is 2.81. The van der Waals surface area contributed by atoms with E-state index in [1.165, 1.54) is 24.6 Å². The molecule has 0 spiro atoms. The summed E-state index contributed by atoms with van der Waals surface area (Å²) < 4.78 is 1.91. The number of amides is 1. The van der Waals surface area contributed by atoms with Gasteiger partial charge in [0.05, 0.1) is 6.20 Å². The molecule has 1 aliphatic carbocycles. The van der Waals surface area contributed by atoms with Crippen molar-refractivity contribution >= 4 is 17.7 Å². The number of nitrogens with zero attached hydrogens (tertiary/aromatic N) is 3. The molecular weight excluding hydrogens is 320 g/mol. The Kier molecular flexibility index (Phi) is 5.26. The SMILES string of the molecule is CSc1ncc(C(=O)NCC(C)N(C)C2CC2)n1-c1ccccc1. The summed E-state index contributed by atoms with van der Waals surface area (Å²) in [7, 11) is 2.13. The van der Waals surface area contributed by atoms with Gasteiger partial charge in [0.1, 0.15) is 5.69 Å². The summed E-state index contributed by atoms with van der Waals surface area (Å²) in [6.07, 6.45) is 6.17. The van der Waals surface area contributed by atoms with Crippen LogP contribution in [0.2, 0.25) is 0 Å². The maximum absolute atomic E-state index is 12.7. The topological polar surface area (TPSA) is 50.2 Å². The van der Waals surface area contributed by atoms with Crippen LogP contribution in [0.15, 0.2) is 41.7 Å². The van der Waals surface area contributed by atoms with Crippen molar-refractivity contribution in [3.8, 4) is 5.69 Å². The summed E-state index contributed by atoms with van der Waals surface area (Å²) in [6.45, 7) is 2.79. The maximum atomic E-state index is 12.7. The standard InChI is InChI=1S/C18H24N4OS/c1-13(21(2)14-9-10-14)11-19-17(23)16-12-20-18(24-3)22(16)15-7-5-4-6-8-15/h4-8,12-14H,9-11H2,1-3H3,(H,19,23). The van der Waals surface area contributed by atoms with Gasteiger partial charge >= 0.3 is 0 Å². The average Bonchev–Trinajstić information content (AvgIpc) is 3.37. The third-order valence-electron chi connectivity index (χ3n) is 4.54. The number of likely N-dealkylation sites (N-methyl/N-ethyl adjacent to an activating group) is 1. The molecule has 128 valence electrons. The highest BCUT2D eigenvalue weighted by Gasteiger charge is 2.29. The van der Waals surface area contributed by atoms with Crippen molar-refractivity contribution < 1.29 is 4.79 Å². The highest BCUT2D eigenvalue weighted by atomic mass is 32.2. The minimum absolute atomic E-state index is 0.0808. The minimum atomic E-state index is -0.0808. The van der Waals surface area contributed by atoms with Crippen molar-refractivity contribution in [3.05, 3.63) is 42.2 Å². The quantitative estimate of drug-likeness (QED) is 0.785. The molecule has 0 radical (unpaired) electrons. The molecule has 6 heteroatoms. The number of aromatic nitrogens is 2. The molecule has 0 saturated heterocycles. The van der Waals surface area contributed by atoms with Crippen molar-refractivity contribution in [2.24, 2.45) is 0 Å². The molecule has 1 atom stereocenters. The van der Waals surface area contributed by atoms with Crippen LogP contribution in [0, 0.1) is 0 Å². The average molecular weight is 344 g/mol. The molecule has 1 N–H and O–H groups in total. The van der Waals surface area contributed by atoms with Gasteiger partial charge in [-0.2, -0.15) is 0 Å². The smallest absolute Gasteiger partial charge is 0.270 e. The van der Waals surface area contributed by atoms with Crippen LogP contribution in [0.25, 0.3) is 5.69 Å². The number of rotatable bonds is 7. The molecule has 1 heterocycles. The van der Waals surface area contributed by atoms with E-state index in [1.807, 2.05) is 41.2 Å². The van der Waals surface area contributed by atoms with Gasteiger partial charge in [-0.3, -0.25) is 14.3 Å². The third-order valence-corrected chi connectivity index (χ3v) is 5.19. The Morgan fingerprint density at radius 3 is 2.75 bits per heavy atom. The number of para-hydroxylation sites is 1. The van der Waals surface area contributed by atoms with Crippen molar-refractivity contribution in [2.75, 3.05) is 19.8 Å². The molecule has 3 rings (SSSR count). The lowest BCUT2D eigenvalue weighted by molar-refractivity contribution is 0.0932. The molecule has 1 aromatic heterocycles. The second-order valence-electron chi connectivity index (χ2n) is 6.26. The van der Waals surface area contributed by atoms with E-state index in [1.54, 1.807) is 6.20 Å². The number of imidazole rings is 1. The van der Waals surface area contributed by atoms with Crippen LogP contribution in [-0.4, -0.2) is 52.3 Å². The van der Waals surface area contributed by atoms with Crippen LogP contribution < -0.4 is 5.32 Å². The zero-order valence-corrected chi connectivity index (χ0v) is 15.2. The highest BCUT2D eigenvalue weighted by Crippen LogP contribution is 2.26. The van der Waals surface area contributed by atoms with Gasteiger partial charge in [-0.15, -0.1) is 0 Å². The van der Waals surface area contributed by atoms with Crippen LogP contribution in [0.3, 0.4) is 0 Å². The van der Waals surface area contributed by atoms with Crippen LogP contribution in [0.4, 0.5) is 0 Å². The number of hydrogen-bond acceptors (Lipinski definition) is 4. The molecule has 1 aliphatic rings. The van der Waals surface area contributed by atoms with Gasteiger partial charge in [0, 0.05) is 24.3 Å². The van der Waals surface area contributed by atoms with Crippen LogP contribution in [-0.2, 0) is 0 Å². The van der Waals surface area contributed by atoms with Crippen molar-refractivity contribution in [3.63, 3.8) is 0 Å². The number of benzene rings is 1. The molecule has 1 fully saturated rings. The third kappa shape index (κ3) is 3.65. The van der Waals surface area contributed by atoms with E-state index in [0.717, 1.165) is 10.8 Å². The Morgan fingerprint density at radius 2 is 2.12 bits per heavy atom. The summed E-state index contributed by atoms with van der Waals surface area (Å²) in [5, 5.41) is 3.87. The molecule has 1 saturated carbocycles. The Bertz CT molecular complexity index is 696. The van der Waals surface area contributed by atoms with Crippen molar-refractivity contribution in [1.82, 2.24) is 19.8 Å².